The zero-order valence-corrected chi connectivity index (χ0v) is 6.40. The Bertz CT molecular complexity index is 223. The van der Waals surface area contributed by atoms with Crippen molar-refractivity contribution in [3.05, 3.63) is 24.3 Å². The highest BCUT2D eigenvalue weighted by Gasteiger charge is 2.07. The third-order valence-electron chi connectivity index (χ3n) is 1.59. The van der Waals surface area contributed by atoms with Crippen molar-refractivity contribution in [1.82, 2.24) is 9.97 Å². The van der Waals surface area contributed by atoms with Gasteiger partial charge in [0.1, 0.15) is 12.6 Å². The van der Waals surface area contributed by atoms with Gasteiger partial charge in [0.05, 0.1) is 11.6 Å². The molecule has 1 unspecified atom stereocenters. The van der Waals surface area contributed by atoms with Crippen molar-refractivity contribution in [2.24, 2.45) is 0 Å². The average molecular weight is 150 g/mol. The quantitative estimate of drug-likeness (QED) is 0.607. The molecule has 0 aliphatic rings. The molecule has 3 nitrogen and oxygen atoms in total. The van der Waals surface area contributed by atoms with Crippen molar-refractivity contribution in [2.75, 3.05) is 0 Å². The topological polar surface area (TPSA) is 42.9 Å². The third-order valence-corrected chi connectivity index (χ3v) is 1.59. The van der Waals surface area contributed by atoms with Crippen LogP contribution in [0.2, 0.25) is 0 Å². The van der Waals surface area contributed by atoms with Crippen molar-refractivity contribution >= 4 is 6.29 Å². The van der Waals surface area contributed by atoms with Crippen molar-refractivity contribution in [1.29, 1.82) is 0 Å². The molecule has 58 valence electrons. The SMILES string of the molecule is CCC(C=O)c1ccncn1. The Kier molecular flexibility index (Phi) is 2.72. The molecule has 0 saturated carbocycles. The fraction of sp³-hybridized carbons (Fsp3) is 0.375. The van der Waals surface area contributed by atoms with Gasteiger partial charge in [-0.05, 0) is 12.5 Å². The molecule has 0 spiro atoms. The maximum atomic E-state index is 10.5. The van der Waals surface area contributed by atoms with E-state index in [4.69, 9.17) is 0 Å². The van der Waals surface area contributed by atoms with Gasteiger partial charge in [-0.2, -0.15) is 0 Å². The van der Waals surface area contributed by atoms with Crippen LogP contribution >= 0.6 is 0 Å². The maximum Gasteiger partial charge on any atom is 0.129 e. The lowest BCUT2D eigenvalue weighted by atomic mass is 10.0. The van der Waals surface area contributed by atoms with E-state index in [1.165, 1.54) is 6.33 Å². The van der Waals surface area contributed by atoms with E-state index < -0.39 is 0 Å². The highest BCUT2D eigenvalue weighted by atomic mass is 16.1. The van der Waals surface area contributed by atoms with Crippen molar-refractivity contribution < 1.29 is 4.79 Å². The van der Waals surface area contributed by atoms with Gasteiger partial charge in [0.25, 0.3) is 0 Å². The normalized spacial score (nSPS) is 12.5. The van der Waals surface area contributed by atoms with E-state index in [1.54, 1.807) is 12.3 Å². The van der Waals surface area contributed by atoms with E-state index >= 15 is 0 Å². The molecule has 0 aliphatic heterocycles. The lowest BCUT2D eigenvalue weighted by Crippen LogP contribution is -2.00. The van der Waals surface area contributed by atoms with Crippen LogP contribution in [0, 0.1) is 0 Å². The monoisotopic (exact) mass is 150 g/mol. The van der Waals surface area contributed by atoms with E-state index in [9.17, 15) is 4.79 Å². The second-order valence-corrected chi connectivity index (χ2v) is 2.29. The van der Waals surface area contributed by atoms with E-state index in [-0.39, 0.29) is 5.92 Å². The number of aldehydes is 1. The minimum Gasteiger partial charge on any atom is -0.303 e. The summed E-state index contributed by atoms with van der Waals surface area (Å²) < 4.78 is 0. The van der Waals surface area contributed by atoms with Crippen LogP contribution in [-0.2, 0) is 4.79 Å². The summed E-state index contributed by atoms with van der Waals surface area (Å²) in [4.78, 5) is 18.2. The van der Waals surface area contributed by atoms with Crippen LogP contribution in [0.1, 0.15) is 25.0 Å². The molecule has 1 atom stereocenters. The van der Waals surface area contributed by atoms with Crippen molar-refractivity contribution in [3.63, 3.8) is 0 Å². The first-order chi connectivity index (χ1) is 5.38. The number of carbonyl (C=O) groups excluding carboxylic acids is 1. The summed E-state index contributed by atoms with van der Waals surface area (Å²) in [5, 5.41) is 0. The molecule has 0 amide bonds. The van der Waals surface area contributed by atoms with E-state index in [0.29, 0.717) is 0 Å². The molecule has 1 heterocycles. The number of carbonyl (C=O) groups is 1. The van der Waals surface area contributed by atoms with Gasteiger partial charge in [0.15, 0.2) is 0 Å². The van der Waals surface area contributed by atoms with Gasteiger partial charge in [-0.3, -0.25) is 0 Å². The molecule has 1 rings (SSSR count). The van der Waals surface area contributed by atoms with Crippen molar-refractivity contribution in [2.45, 2.75) is 19.3 Å². The Morgan fingerprint density at radius 3 is 3.00 bits per heavy atom. The molecular formula is C8H10N2O. The van der Waals surface area contributed by atoms with E-state index in [0.717, 1.165) is 18.4 Å². The summed E-state index contributed by atoms with van der Waals surface area (Å²) in [6, 6.07) is 1.77. The van der Waals surface area contributed by atoms with Gasteiger partial charge < -0.3 is 4.79 Å². The molecule has 0 aromatic carbocycles. The third kappa shape index (κ3) is 1.83. The molecule has 1 aromatic heterocycles. The predicted molar refractivity (Wildman–Crippen MR) is 41.1 cm³/mol. The summed E-state index contributed by atoms with van der Waals surface area (Å²) >= 11 is 0. The van der Waals surface area contributed by atoms with E-state index in [2.05, 4.69) is 9.97 Å². The van der Waals surface area contributed by atoms with Gasteiger partial charge in [-0.25, -0.2) is 9.97 Å². The van der Waals surface area contributed by atoms with Crippen LogP contribution in [0.4, 0.5) is 0 Å². The molecule has 0 fully saturated rings. The predicted octanol–water partition coefficient (Wildman–Crippen LogP) is 1.17. The minimum absolute atomic E-state index is 0.0713. The van der Waals surface area contributed by atoms with Crippen LogP contribution in [0.3, 0.4) is 0 Å². The molecule has 11 heavy (non-hydrogen) atoms. The minimum atomic E-state index is -0.0713. The summed E-state index contributed by atoms with van der Waals surface area (Å²) in [6.07, 6.45) is 4.82. The molecule has 0 saturated heterocycles. The van der Waals surface area contributed by atoms with Gasteiger partial charge in [-0.15, -0.1) is 0 Å². The number of nitrogens with zero attached hydrogens (tertiary/aromatic N) is 2. The standard InChI is InChI=1S/C8H10N2O/c1-2-7(5-11)8-3-4-9-6-10-8/h3-7H,2H2,1H3. The highest BCUT2D eigenvalue weighted by molar-refractivity contribution is 5.60. The fourth-order valence-electron chi connectivity index (χ4n) is 0.895. The largest absolute Gasteiger partial charge is 0.303 e. The molecule has 3 heteroatoms. The molecular weight excluding hydrogens is 140 g/mol. The average Bonchev–Trinajstić information content (AvgIpc) is 2.09. The van der Waals surface area contributed by atoms with Crippen LogP contribution in [-0.4, -0.2) is 16.3 Å². The number of rotatable bonds is 3. The Labute approximate surface area is 65.5 Å². The summed E-state index contributed by atoms with van der Waals surface area (Å²) in [5.41, 5.74) is 0.803. The lowest BCUT2D eigenvalue weighted by Gasteiger charge is -2.03. The summed E-state index contributed by atoms with van der Waals surface area (Å²) in [5.74, 6) is -0.0713. The Morgan fingerprint density at radius 1 is 1.73 bits per heavy atom. The van der Waals surface area contributed by atoms with Gasteiger partial charge in [-0.1, -0.05) is 6.92 Å². The molecule has 0 bridgehead atoms. The second-order valence-electron chi connectivity index (χ2n) is 2.29. The first kappa shape index (κ1) is 7.85. The van der Waals surface area contributed by atoms with Crippen LogP contribution in [0.5, 0.6) is 0 Å². The maximum absolute atomic E-state index is 10.5. The van der Waals surface area contributed by atoms with Gasteiger partial charge in [0.2, 0.25) is 0 Å². The zero-order chi connectivity index (χ0) is 8.10. The second kappa shape index (κ2) is 3.81. The first-order valence-electron chi connectivity index (χ1n) is 3.59. The number of hydrogen-bond donors (Lipinski definition) is 0. The van der Waals surface area contributed by atoms with Gasteiger partial charge in [0, 0.05) is 6.20 Å². The fourth-order valence-corrected chi connectivity index (χ4v) is 0.895. The molecule has 0 N–H and O–H groups in total. The number of hydrogen-bond acceptors (Lipinski definition) is 3. The molecule has 1 aromatic rings. The summed E-state index contributed by atoms with van der Waals surface area (Å²) in [6.45, 7) is 1.96. The first-order valence-corrected chi connectivity index (χ1v) is 3.59. The van der Waals surface area contributed by atoms with Crippen LogP contribution in [0.25, 0.3) is 0 Å². The molecule has 0 radical (unpaired) electrons. The highest BCUT2D eigenvalue weighted by Crippen LogP contribution is 2.12. The summed E-state index contributed by atoms with van der Waals surface area (Å²) in [7, 11) is 0. The molecule has 0 aliphatic carbocycles. The zero-order valence-electron chi connectivity index (χ0n) is 6.40. The number of aromatic nitrogens is 2. The Balaban J connectivity index is 2.82. The van der Waals surface area contributed by atoms with Crippen LogP contribution in [0.15, 0.2) is 18.6 Å². The van der Waals surface area contributed by atoms with Crippen LogP contribution < -0.4 is 0 Å². The lowest BCUT2D eigenvalue weighted by molar-refractivity contribution is -0.109. The smallest absolute Gasteiger partial charge is 0.129 e. The van der Waals surface area contributed by atoms with E-state index in [1.807, 2.05) is 6.92 Å². The van der Waals surface area contributed by atoms with Gasteiger partial charge >= 0.3 is 0 Å². The van der Waals surface area contributed by atoms with Crippen molar-refractivity contribution in [3.8, 4) is 0 Å². The Hall–Kier alpha value is -1.25. The Morgan fingerprint density at radius 2 is 2.55 bits per heavy atom.